The molecule has 0 amide bonds. The van der Waals surface area contributed by atoms with E-state index in [9.17, 15) is 8.42 Å². The quantitative estimate of drug-likeness (QED) is 0.576. The van der Waals surface area contributed by atoms with Crippen molar-refractivity contribution in [2.24, 2.45) is 5.73 Å². The van der Waals surface area contributed by atoms with E-state index in [1.165, 1.54) is 0 Å². The number of unbranched alkanes of at least 4 members (excludes halogenated alkanes) is 2. The maximum atomic E-state index is 12.2. The average molecular weight is 299 g/mol. The summed E-state index contributed by atoms with van der Waals surface area (Å²) in [5, 5.41) is 3.19. The van der Waals surface area contributed by atoms with Crippen molar-refractivity contribution in [3.05, 3.63) is 24.3 Å². The summed E-state index contributed by atoms with van der Waals surface area (Å²) in [6.45, 7) is 3.84. The molecule has 114 valence electrons. The average Bonchev–Trinajstić information content (AvgIpc) is 2.45. The number of para-hydroxylation sites is 1. The van der Waals surface area contributed by atoms with E-state index >= 15 is 0 Å². The molecule has 0 aromatic heterocycles. The molecule has 1 rings (SSSR count). The van der Waals surface area contributed by atoms with Crippen LogP contribution < -0.4 is 15.8 Å². The smallest absolute Gasteiger partial charge is 0.242 e. The molecule has 0 saturated carbocycles. The van der Waals surface area contributed by atoms with Gasteiger partial charge in [-0.2, -0.15) is 0 Å². The van der Waals surface area contributed by atoms with Gasteiger partial charge < -0.3 is 11.1 Å². The van der Waals surface area contributed by atoms with Crippen molar-refractivity contribution in [1.82, 2.24) is 4.72 Å². The topological polar surface area (TPSA) is 84.2 Å². The number of anilines is 1. The van der Waals surface area contributed by atoms with Gasteiger partial charge in [-0.25, -0.2) is 13.1 Å². The molecule has 20 heavy (non-hydrogen) atoms. The molecule has 5 nitrogen and oxygen atoms in total. The Morgan fingerprint density at radius 2 is 1.85 bits per heavy atom. The molecule has 1 aromatic carbocycles. The minimum atomic E-state index is -3.43. The number of rotatable bonds is 10. The molecule has 0 spiro atoms. The maximum Gasteiger partial charge on any atom is 0.242 e. The third kappa shape index (κ3) is 5.48. The van der Waals surface area contributed by atoms with Crippen LogP contribution in [-0.2, 0) is 10.0 Å². The van der Waals surface area contributed by atoms with Crippen LogP contribution in [0.1, 0.15) is 32.6 Å². The predicted octanol–water partition coefficient (Wildman–Crippen LogP) is 1.92. The lowest BCUT2D eigenvalue weighted by Gasteiger charge is -2.13. The van der Waals surface area contributed by atoms with Crippen molar-refractivity contribution in [3.8, 4) is 0 Å². The molecule has 0 aliphatic heterocycles. The molecular weight excluding hydrogens is 274 g/mol. The van der Waals surface area contributed by atoms with Crippen LogP contribution in [0.4, 0.5) is 5.69 Å². The molecule has 0 unspecified atom stereocenters. The van der Waals surface area contributed by atoms with E-state index in [-0.39, 0.29) is 0 Å². The Bertz CT molecular complexity index is 489. The number of nitrogens with one attached hydrogen (secondary N) is 2. The van der Waals surface area contributed by atoms with Crippen LogP contribution in [0.15, 0.2) is 29.2 Å². The van der Waals surface area contributed by atoms with E-state index < -0.39 is 10.0 Å². The van der Waals surface area contributed by atoms with Gasteiger partial charge in [0.25, 0.3) is 0 Å². The van der Waals surface area contributed by atoms with Gasteiger partial charge in [0, 0.05) is 13.1 Å². The highest BCUT2D eigenvalue weighted by Crippen LogP contribution is 2.20. The number of hydrogen-bond acceptors (Lipinski definition) is 4. The van der Waals surface area contributed by atoms with Gasteiger partial charge >= 0.3 is 0 Å². The van der Waals surface area contributed by atoms with Crippen LogP contribution in [0, 0.1) is 0 Å². The first-order valence-corrected chi connectivity index (χ1v) is 8.62. The largest absolute Gasteiger partial charge is 0.384 e. The van der Waals surface area contributed by atoms with Crippen LogP contribution in [-0.4, -0.2) is 28.1 Å². The second kappa shape index (κ2) is 8.94. The van der Waals surface area contributed by atoms with Crippen molar-refractivity contribution in [2.45, 2.75) is 37.5 Å². The Labute approximate surface area is 122 Å². The molecule has 0 atom stereocenters. The van der Waals surface area contributed by atoms with Gasteiger partial charge in [-0.3, -0.25) is 0 Å². The minimum absolute atomic E-state index is 0.312. The Hall–Kier alpha value is -1.11. The molecule has 4 N–H and O–H groups in total. The zero-order valence-corrected chi connectivity index (χ0v) is 12.9. The zero-order valence-electron chi connectivity index (χ0n) is 12.1. The molecule has 0 aliphatic carbocycles. The van der Waals surface area contributed by atoms with Gasteiger partial charge in [0.05, 0.1) is 5.69 Å². The fraction of sp³-hybridized carbons (Fsp3) is 0.571. The minimum Gasteiger partial charge on any atom is -0.384 e. The molecule has 6 heteroatoms. The van der Waals surface area contributed by atoms with Crippen molar-refractivity contribution >= 4 is 15.7 Å². The molecule has 0 radical (unpaired) electrons. The first kappa shape index (κ1) is 16.9. The fourth-order valence-corrected chi connectivity index (χ4v) is 3.15. The molecular formula is C14H25N3O2S. The molecule has 0 fully saturated rings. The summed E-state index contributed by atoms with van der Waals surface area (Å²) in [5.41, 5.74) is 6.10. The van der Waals surface area contributed by atoms with Crippen molar-refractivity contribution in [2.75, 3.05) is 25.0 Å². The molecule has 0 heterocycles. The highest BCUT2D eigenvalue weighted by molar-refractivity contribution is 7.89. The van der Waals surface area contributed by atoms with Gasteiger partial charge in [-0.15, -0.1) is 0 Å². The summed E-state index contributed by atoms with van der Waals surface area (Å²) in [5.74, 6) is 0. The van der Waals surface area contributed by atoms with Gasteiger partial charge in [-0.1, -0.05) is 25.5 Å². The summed E-state index contributed by atoms with van der Waals surface area (Å²) >= 11 is 0. The van der Waals surface area contributed by atoms with Crippen molar-refractivity contribution in [3.63, 3.8) is 0 Å². The third-order valence-corrected chi connectivity index (χ3v) is 4.43. The van der Waals surface area contributed by atoms with Crippen molar-refractivity contribution in [1.29, 1.82) is 0 Å². The number of sulfonamides is 1. The SMILES string of the molecule is CCCNS(=O)(=O)c1ccccc1NCCCCCN. The maximum absolute atomic E-state index is 12.2. The van der Waals surface area contributed by atoms with Gasteiger partial charge in [0.1, 0.15) is 4.90 Å². The number of hydrogen-bond donors (Lipinski definition) is 3. The Morgan fingerprint density at radius 1 is 1.10 bits per heavy atom. The van der Waals surface area contributed by atoms with Crippen molar-refractivity contribution < 1.29 is 8.42 Å². The van der Waals surface area contributed by atoms with Gasteiger partial charge in [-0.05, 0) is 37.9 Å². The monoisotopic (exact) mass is 299 g/mol. The predicted molar refractivity (Wildman–Crippen MR) is 83.3 cm³/mol. The van der Waals surface area contributed by atoms with E-state index in [0.29, 0.717) is 23.7 Å². The van der Waals surface area contributed by atoms with E-state index in [0.717, 1.165) is 32.2 Å². The molecule has 0 bridgehead atoms. The van der Waals surface area contributed by atoms with E-state index in [2.05, 4.69) is 10.0 Å². The summed E-state index contributed by atoms with van der Waals surface area (Å²) in [4.78, 5) is 0.312. The first-order valence-electron chi connectivity index (χ1n) is 7.14. The van der Waals surface area contributed by atoms with Gasteiger partial charge in [0.15, 0.2) is 0 Å². The lowest BCUT2D eigenvalue weighted by Crippen LogP contribution is -2.25. The van der Waals surface area contributed by atoms with E-state index in [1.807, 2.05) is 13.0 Å². The summed E-state index contributed by atoms with van der Waals surface area (Å²) < 4.78 is 27.0. The molecule has 0 aliphatic rings. The number of nitrogens with two attached hydrogens (primary N) is 1. The zero-order chi connectivity index (χ0) is 14.8. The number of benzene rings is 1. The Balaban J connectivity index is 2.68. The van der Waals surface area contributed by atoms with Gasteiger partial charge in [0.2, 0.25) is 10.0 Å². The van der Waals surface area contributed by atoms with Crippen LogP contribution in [0.3, 0.4) is 0 Å². The summed E-state index contributed by atoms with van der Waals surface area (Å²) in [6.07, 6.45) is 3.80. The molecule has 0 saturated heterocycles. The standard InChI is InChI=1S/C14H25N3O2S/c1-2-11-17-20(18,19)14-9-5-4-8-13(14)16-12-7-3-6-10-15/h4-5,8-9,16-17H,2-3,6-7,10-12,15H2,1H3. The van der Waals surface area contributed by atoms with Crippen LogP contribution >= 0.6 is 0 Å². The summed E-state index contributed by atoms with van der Waals surface area (Å²) in [7, 11) is -3.43. The molecule has 1 aromatic rings. The lowest BCUT2D eigenvalue weighted by atomic mass is 10.2. The van der Waals surface area contributed by atoms with Crippen LogP contribution in [0.5, 0.6) is 0 Å². The normalized spacial score (nSPS) is 11.5. The van der Waals surface area contributed by atoms with Crippen LogP contribution in [0.25, 0.3) is 0 Å². The third-order valence-electron chi connectivity index (χ3n) is 2.92. The highest BCUT2D eigenvalue weighted by Gasteiger charge is 2.16. The first-order chi connectivity index (χ1) is 9.61. The summed E-state index contributed by atoms with van der Waals surface area (Å²) in [6, 6.07) is 6.99. The van der Waals surface area contributed by atoms with E-state index in [1.54, 1.807) is 18.2 Å². The fourth-order valence-electron chi connectivity index (χ4n) is 1.83. The second-order valence-corrected chi connectivity index (χ2v) is 6.41. The van der Waals surface area contributed by atoms with E-state index in [4.69, 9.17) is 5.73 Å². The Morgan fingerprint density at radius 3 is 2.55 bits per heavy atom. The lowest BCUT2D eigenvalue weighted by molar-refractivity contribution is 0.581. The highest BCUT2D eigenvalue weighted by atomic mass is 32.2. The Kier molecular flexibility index (Phi) is 7.58. The van der Waals surface area contributed by atoms with Crippen LogP contribution in [0.2, 0.25) is 0 Å². The second-order valence-electron chi connectivity index (χ2n) is 4.67.